The van der Waals surface area contributed by atoms with Crippen molar-refractivity contribution in [3.05, 3.63) is 65.2 Å². The highest BCUT2D eigenvalue weighted by molar-refractivity contribution is 7.89. The molecule has 1 aliphatic rings. The second kappa shape index (κ2) is 10.2. The van der Waals surface area contributed by atoms with E-state index in [2.05, 4.69) is 34.2 Å². The highest BCUT2D eigenvalue weighted by Gasteiger charge is 2.17. The average Bonchev–Trinajstić information content (AvgIpc) is 2.73. The van der Waals surface area contributed by atoms with Crippen molar-refractivity contribution in [3.8, 4) is 0 Å². The van der Waals surface area contributed by atoms with Crippen LogP contribution in [0.25, 0.3) is 0 Å². The normalized spacial score (nSPS) is 15.8. The quantitative estimate of drug-likeness (QED) is 0.659. The zero-order valence-electron chi connectivity index (χ0n) is 17.4. The van der Waals surface area contributed by atoms with Gasteiger partial charge in [-0.05, 0) is 35.4 Å². The molecule has 7 nitrogen and oxygen atoms in total. The van der Waals surface area contributed by atoms with Gasteiger partial charge in [-0.15, -0.1) is 0 Å². The summed E-state index contributed by atoms with van der Waals surface area (Å²) in [7, 11) is -3.72. The highest BCUT2D eigenvalue weighted by atomic mass is 32.2. The molecule has 2 aromatic carbocycles. The number of likely N-dealkylation sites (N-methyl/N-ethyl adjacent to an activating group) is 1. The summed E-state index contributed by atoms with van der Waals surface area (Å²) < 4.78 is 22.6. The van der Waals surface area contributed by atoms with E-state index in [9.17, 15) is 13.2 Å². The number of sulfonamides is 1. The average molecular weight is 431 g/mol. The molecule has 8 heteroatoms. The monoisotopic (exact) mass is 430 g/mol. The molecule has 1 amide bonds. The van der Waals surface area contributed by atoms with Gasteiger partial charge in [0.2, 0.25) is 15.9 Å². The molecule has 0 aromatic heterocycles. The number of primary sulfonamides is 1. The second-order valence-corrected chi connectivity index (χ2v) is 9.18. The van der Waals surface area contributed by atoms with Crippen LogP contribution in [0, 0.1) is 0 Å². The zero-order valence-corrected chi connectivity index (χ0v) is 18.2. The van der Waals surface area contributed by atoms with Crippen LogP contribution < -0.4 is 10.5 Å². The maximum atomic E-state index is 12.4. The van der Waals surface area contributed by atoms with Gasteiger partial charge in [0.1, 0.15) is 0 Å². The minimum Gasteiger partial charge on any atom is -0.352 e. The van der Waals surface area contributed by atoms with Gasteiger partial charge in [0.15, 0.2) is 0 Å². The highest BCUT2D eigenvalue weighted by Crippen LogP contribution is 2.14. The van der Waals surface area contributed by atoms with E-state index in [0.717, 1.165) is 50.4 Å². The summed E-state index contributed by atoms with van der Waals surface area (Å²) in [5, 5.41) is 8.08. The number of piperazine rings is 1. The lowest BCUT2D eigenvalue weighted by Gasteiger charge is -2.34. The van der Waals surface area contributed by atoms with Crippen LogP contribution in [0.2, 0.25) is 0 Å². The maximum Gasteiger partial charge on any atom is 0.238 e. The molecule has 0 aliphatic carbocycles. The summed E-state index contributed by atoms with van der Waals surface area (Å²) >= 11 is 0. The van der Waals surface area contributed by atoms with Crippen LogP contribution in [0.15, 0.2) is 53.4 Å². The van der Waals surface area contributed by atoms with Gasteiger partial charge in [-0.25, -0.2) is 13.6 Å². The number of nitrogens with zero attached hydrogens (tertiary/aromatic N) is 2. The topological polar surface area (TPSA) is 95.7 Å². The molecule has 1 aliphatic heterocycles. The van der Waals surface area contributed by atoms with E-state index in [0.29, 0.717) is 6.54 Å². The molecule has 2 aromatic rings. The van der Waals surface area contributed by atoms with Gasteiger partial charge in [0.05, 0.1) is 11.3 Å². The lowest BCUT2D eigenvalue weighted by molar-refractivity contribution is -0.120. The number of hydrogen-bond acceptors (Lipinski definition) is 5. The molecule has 162 valence electrons. The Balaban J connectivity index is 1.54. The van der Waals surface area contributed by atoms with Crippen molar-refractivity contribution in [2.75, 3.05) is 32.7 Å². The Morgan fingerprint density at radius 3 is 2.17 bits per heavy atom. The first-order chi connectivity index (χ1) is 14.3. The molecule has 0 radical (unpaired) electrons. The van der Waals surface area contributed by atoms with Crippen LogP contribution in [0.1, 0.15) is 23.6 Å². The number of hydrogen-bond donors (Lipinski definition) is 2. The fourth-order valence-electron chi connectivity index (χ4n) is 3.63. The third kappa shape index (κ3) is 6.37. The van der Waals surface area contributed by atoms with Gasteiger partial charge in [0, 0.05) is 39.3 Å². The number of benzene rings is 2. The van der Waals surface area contributed by atoms with Gasteiger partial charge < -0.3 is 10.2 Å². The van der Waals surface area contributed by atoms with E-state index >= 15 is 0 Å². The first-order valence-electron chi connectivity index (χ1n) is 10.2. The van der Waals surface area contributed by atoms with Crippen LogP contribution in [-0.2, 0) is 34.3 Å². The lowest BCUT2D eigenvalue weighted by atomic mass is 10.1. The summed E-state index contributed by atoms with van der Waals surface area (Å²) in [6.07, 6.45) is 0.187. The van der Waals surface area contributed by atoms with Gasteiger partial charge in [-0.2, -0.15) is 0 Å². The van der Waals surface area contributed by atoms with Crippen LogP contribution in [0.4, 0.5) is 0 Å². The Morgan fingerprint density at radius 2 is 1.57 bits per heavy atom. The molecule has 1 heterocycles. The van der Waals surface area contributed by atoms with Gasteiger partial charge >= 0.3 is 0 Å². The molecule has 3 rings (SSSR count). The van der Waals surface area contributed by atoms with Crippen molar-refractivity contribution in [2.24, 2.45) is 5.14 Å². The Labute approximate surface area is 178 Å². The molecule has 1 saturated heterocycles. The third-order valence-corrected chi connectivity index (χ3v) is 6.45. The van der Waals surface area contributed by atoms with E-state index in [1.807, 2.05) is 12.1 Å². The molecule has 0 bridgehead atoms. The van der Waals surface area contributed by atoms with Crippen LogP contribution >= 0.6 is 0 Å². The molecule has 0 saturated carbocycles. The Bertz CT molecular complexity index is 953. The van der Waals surface area contributed by atoms with E-state index in [4.69, 9.17) is 5.14 Å². The van der Waals surface area contributed by atoms with Gasteiger partial charge in [-0.1, -0.05) is 43.3 Å². The summed E-state index contributed by atoms with van der Waals surface area (Å²) in [6.45, 7) is 8.96. The summed E-state index contributed by atoms with van der Waals surface area (Å²) in [4.78, 5) is 17.3. The SMILES string of the molecule is CCN1CCN(Cc2ccccc2CNC(=O)Cc2ccc(S(N)(=O)=O)cc2)CC1. The Kier molecular flexibility index (Phi) is 7.60. The largest absolute Gasteiger partial charge is 0.352 e. The predicted octanol–water partition coefficient (Wildman–Crippen LogP) is 1.33. The fourth-order valence-corrected chi connectivity index (χ4v) is 4.14. The molecule has 0 atom stereocenters. The van der Waals surface area contributed by atoms with Crippen molar-refractivity contribution in [1.29, 1.82) is 0 Å². The van der Waals surface area contributed by atoms with Gasteiger partial charge in [-0.3, -0.25) is 9.69 Å². The fraction of sp³-hybridized carbons (Fsp3) is 0.409. The molecular formula is C22H30N4O3S. The molecule has 0 spiro atoms. The molecular weight excluding hydrogens is 400 g/mol. The van der Waals surface area contributed by atoms with Crippen LogP contribution in [0.5, 0.6) is 0 Å². The summed E-state index contributed by atoms with van der Waals surface area (Å²) in [5.41, 5.74) is 3.09. The zero-order chi connectivity index (χ0) is 21.6. The van der Waals surface area contributed by atoms with E-state index in [1.54, 1.807) is 12.1 Å². The van der Waals surface area contributed by atoms with E-state index in [1.165, 1.54) is 17.7 Å². The first kappa shape index (κ1) is 22.4. The number of amides is 1. The number of nitrogens with two attached hydrogens (primary N) is 1. The van der Waals surface area contributed by atoms with Crippen molar-refractivity contribution in [3.63, 3.8) is 0 Å². The number of rotatable bonds is 8. The third-order valence-electron chi connectivity index (χ3n) is 5.52. The van der Waals surface area contributed by atoms with Gasteiger partial charge in [0.25, 0.3) is 0 Å². The molecule has 3 N–H and O–H groups in total. The van der Waals surface area contributed by atoms with Crippen molar-refractivity contribution in [1.82, 2.24) is 15.1 Å². The van der Waals surface area contributed by atoms with Crippen LogP contribution in [0.3, 0.4) is 0 Å². The standard InChI is InChI=1S/C22H30N4O3S/c1-2-25-11-13-26(14-12-25)17-20-6-4-3-5-19(20)16-24-22(27)15-18-7-9-21(10-8-18)30(23,28)29/h3-10H,2,11-17H2,1H3,(H,24,27)(H2,23,28,29). The number of nitrogens with one attached hydrogen (secondary N) is 1. The molecule has 30 heavy (non-hydrogen) atoms. The van der Waals surface area contributed by atoms with Crippen molar-refractivity contribution in [2.45, 2.75) is 31.3 Å². The maximum absolute atomic E-state index is 12.4. The molecule has 0 unspecified atom stereocenters. The Morgan fingerprint density at radius 1 is 0.967 bits per heavy atom. The smallest absolute Gasteiger partial charge is 0.238 e. The molecule has 1 fully saturated rings. The van der Waals surface area contributed by atoms with Crippen molar-refractivity contribution >= 4 is 15.9 Å². The lowest BCUT2D eigenvalue weighted by Crippen LogP contribution is -2.45. The number of carbonyl (C=O) groups excluding carboxylic acids is 1. The van der Waals surface area contributed by atoms with Crippen LogP contribution in [-0.4, -0.2) is 56.8 Å². The second-order valence-electron chi connectivity index (χ2n) is 7.62. The number of carbonyl (C=O) groups is 1. The minimum absolute atomic E-state index is 0.0420. The van der Waals surface area contributed by atoms with E-state index in [-0.39, 0.29) is 17.2 Å². The van der Waals surface area contributed by atoms with Crippen molar-refractivity contribution < 1.29 is 13.2 Å². The minimum atomic E-state index is -3.72. The summed E-state index contributed by atoms with van der Waals surface area (Å²) in [6, 6.07) is 14.3. The Hall–Kier alpha value is -2.26. The van der Waals surface area contributed by atoms with E-state index < -0.39 is 10.0 Å². The predicted molar refractivity (Wildman–Crippen MR) is 117 cm³/mol. The summed E-state index contributed by atoms with van der Waals surface area (Å²) in [5.74, 6) is -0.107. The first-order valence-corrected chi connectivity index (χ1v) is 11.8.